The highest BCUT2D eigenvalue weighted by Gasteiger charge is 2.49. The summed E-state index contributed by atoms with van der Waals surface area (Å²) in [6, 6.07) is 16.1. The average molecular weight is 492 g/mol. The van der Waals surface area contributed by atoms with E-state index in [0.717, 1.165) is 46.6 Å². The zero-order valence-electron chi connectivity index (χ0n) is 19.3. The number of alkyl carbamates (subject to hydrolysis) is 1. The molecule has 9 heteroatoms. The number of hydrogen-bond acceptors (Lipinski definition) is 6. The zero-order valence-corrected chi connectivity index (χ0v) is 20.1. The summed E-state index contributed by atoms with van der Waals surface area (Å²) in [4.78, 5) is 37.7. The summed E-state index contributed by atoms with van der Waals surface area (Å²) >= 11 is 0.907. The number of aromatic carboxylic acids is 1. The van der Waals surface area contributed by atoms with Crippen LogP contribution in [0, 0.1) is 12.8 Å². The number of carboxylic acids is 1. The Morgan fingerprint density at radius 1 is 1.09 bits per heavy atom. The summed E-state index contributed by atoms with van der Waals surface area (Å²) in [5.74, 6) is -1.80. The van der Waals surface area contributed by atoms with Crippen molar-refractivity contribution in [3.05, 3.63) is 70.9 Å². The highest BCUT2D eigenvalue weighted by atomic mass is 32.1. The molecule has 2 aliphatic rings. The van der Waals surface area contributed by atoms with Gasteiger partial charge in [0.05, 0.1) is 5.69 Å². The molecule has 2 aliphatic carbocycles. The number of aromatic nitrogens is 1. The predicted molar refractivity (Wildman–Crippen MR) is 132 cm³/mol. The van der Waals surface area contributed by atoms with E-state index in [-0.39, 0.29) is 29.0 Å². The first kappa shape index (κ1) is 23.0. The van der Waals surface area contributed by atoms with Crippen LogP contribution in [0.2, 0.25) is 0 Å². The maximum absolute atomic E-state index is 13.2. The number of ether oxygens (including phenoxy) is 1. The maximum atomic E-state index is 13.2. The highest BCUT2D eigenvalue weighted by molar-refractivity contribution is 7.11. The summed E-state index contributed by atoms with van der Waals surface area (Å²) in [5.41, 5.74) is 3.52. The van der Waals surface area contributed by atoms with E-state index in [1.165, 1.54) is 0 Å². The highest BCUT2D eigenvalue weighted by Crippen LogP contribution is 2.45. The lowest BCUT2D eigenvalue weighted by Gasteiger charge is -2.29. The van der Waals surface area contributed by atoms with Crippen LogP contribution < -0.4 is 10.6 Å². The van der Waals surface area contributed by atoms with E-state index in [4.69, 9.17) is 4.74 Å². The number of rotatable bonds is 7. The predicted octanol–water partition coefficient (Wildman–Crippen LogP) is 4.80. The number of benzene rings is 2. The molecule has 1 saturated carbocycles. The monoisotopic (exact) mass is 491 g/mol. The van der Waals surface area contributed by atoms with E-state index in [1.54, 1.807) is 13.8 Å². The fourth-order valence-corrected chi connectivity index (χ4v) is 5.58. The Morgan fingerprint density at radius 3 is 2.26 bits per heavy atom. The lowest BCUT2D eigenvalue weighted by molar-refractivity contribution is -0.122. The quantitative estimate of drug-likeness (QED) is 0.437. The number of aryl methyl sites for hydroxylation is 1. The van der Waals surface area contributed by atoms with Gasteiger partial charge in [0.1, 0.15) is 22.7 Å². The van der Waals surface area contributed by atoms with Crippen LogP contribution in [0.4, 0.5) is 9.80 Å². The maximum Gasteiger partial charge on any atom is 0.408 e. The largest absolute Gasteiger partial charge is 0.478 e. The van der Waals surface area contributed by atoms with Crippen LogP contribution in [0.5, 0.6) is 0 Å². The molecule has 2 amide bonds. The van der Waals surface area contributed by atoms with E-state index in [1.807, 2.05) is 36.4 Å². The third-order valence-corrected chi connectivity index (χ3v) is 7.73. The van der Waals surface area contributed by atoms with E-state index < -0.39 is 23.5 Å². The fraction of sp³-hybridized carbons (Fsp3) is 0.308. The van der Waals surface area contributed by atoms with Crippen LogP contribution in [-0.4, -0.2) is 39.6 Å². The molecule has 0 aliphatic heterocycles. The molecule has 0 saturated heterocycles. The number of amides is 2. The van der Waals surface area contributed by atoms with Gasteiger partial charge in [-0.1, -0.05) is 48.5 Å². The van der Waals surface area contributed by atoms with E-state index in [9.17, 15) is 19.5 Å². The second kappa shape index (κ2) is 8.81. The van der Waals surface area contributed by atoms with Crippen molar-refractivity contribution in [2.45, 2.75) is 38.1 Å². The van der Waals surface area contributed by atoms with Gasteiger partial charge in [-0.15, -0.1) is 0 Å². The molecule has 0 spiro atoms. The lowest BCUT2D eigenvalue weighted by Crippen LogP contribution is -2.56. The Morgan fingerprint density at radius 2 is 1.69 bits per heavy atom. The van der Waals surface area contributed by atoms with Gasteiger partial charge in [-0.2, -0.15) is 4.37 Å². The van der Waals surface area contributed by atoms with Crippen LogP contribution in [-0.2, 0) is 9.53 Å². The second-order valence-corrected chi connectivity index (χ2v) is 9.93. The van der Waals surface area contributed by atoms with Crippen LogP contribution in [0.3, 0.4) is 0 Å². The molecule has 35 heavy (non-hydrogen) atoms. The van der Waals surface area contributed by atoms with Crippen molar-refractivity contribution in [1.29, 1.82) is 0 Å². The molecule has 3 N–H and O–H groups in total. The van der Waals surface area contributed by atoms with Crippen molar-refractivity contribution in [3.63, 3.8) is 0 Å². The molecule has 1 fully saturated rings. The van der Waals surface area contributed by atoms with Crippen molar-refractivity contribution in [1.82, 2.24) is 9.69 Å². The standard InChI is InChI=1S/C26H25N3O5S/c1-14-21(23(30)31)22(35-29-14)27-24(32)26(2,15-11-12-15)28-25(33)34-13-20-18-9-5-3-7-16(18)17-8-4-6-10-19(17)20/h3-10,15,20H,11-13H2,1-2H3,(H,27,32)(H,28,33)(H,30,31). The minimum absolute atomic E-state index is 0.0392. The first-order valence-corrected chi connectivity index (χ1v) is 12.2. The van der Waals surface area contributed by atoms with E-state index in [2.05, 4.69) is 27.1 Å². The Balaban J connectivity index is 1.30. The second-order valence-electron chi connectivity index (χ2n) is 9.16. The van der Waals surface area contributed by atoms with Crippen LogP contribution in [0.25, 0.3) is 11.1 Å². The van der Waals surface area contributed by atoms with E-state index in [0.29, 0.717) is 5.69 Å². The van der Waals surface area contributed by atoms with Crippen molar-refractivity contribution in [2.75, 3.05) is 11.9 Å². The molecule has 1 aromatic heterocycles. The number of carbonyl (C=O) groups excluding carboxylic acids is 2. The Hall–Kier alpha value is -3.72. The van der Waals surface area contributed by atoms with Gasteiger partial charge < -0.3 is 20.5 Å². The Bertz CT molecular complexity index is 1290. The molecular weight excluding hydrogens is 466 g/mol. The topological polar surface area (TPSA) is 118 Å². The number of anilines is 1. The SMILES string of the molecule is Cc1nsc(NC(=O)C(C)(NC(=O)OCC2c3ccccc3-c3ccccc32)C2CC2)c1C(=O)O. The van der Waals surface area contributed by atoms with Crippen LogP contribution in [0.1, 0.15) is 52.9 Å². The van der Waals surface area contributed by atoms with Gasteiger partial charge >= 0.3 is 12.1 Å². The number of fused-ring (bicyclic) bond motifs is 3. The smallest absolute Gasteiger partial charge is 0.408 e. The summed E-state index contributed by atoms with van der Waals surface area (Å²) < 4.78 is 9.68. The van der Waals surface area contributed by atoms with Gasteiger partial charge in [-0.25, -0.2) is 9.59 Å². The van der Waals surface area contributed by atoms with Gasteiger partial charge in [0.15, 0.2) is 0 Å². The third-order valence-electron chi connectivity index (χ3n) is 6.87. The summed E-state index contributed by atoms with van der Waals surface area (Å²) in [6.45, 7) is 3.36. The molecule has 0 bridgehead atoms. The lowest BCUT2D eigenvalue weighted by atomic mass is 9.94. The first-order valence-electron chi connectivity index (χ1n) is 11.4. The molecule has 5 rings (SSSR count). The minimum atomic E-state index is -1.24. The number of carbonyl (C=O) groups is 3. The Labute approximate surface area is 206 Å². The van der Waals surface area contributed by atoms with E-state index >= 15 is 0 Å². The number of hydrogen-bond donors (Lipinski definition) is 3. The summed E-state index contributed by atoms with van der Waals surface area (Å²) in [6.07, 6.45) is 0.873. The van der Waals surface area contributed by atoms with Gasteiger partial charge in [0, 0.05) is 5.92 Å². The van der Waals surface area contributed by atoms with Gasteiger partial charge in [0.2, 0.25) is 0 Å². The third kappa shape index (κ3) is 4.16. The van der Waals surface area contributed by atoms with Crippen molar-refractivity contribution >= 4 is 34.5 Å². The molecule has 1 atom stereocenters. The normalized spacial score (nSPS) is 16.1. The molecule has 3 aromatic rings. The zero-order chi connectivity index (χ0) is 24.7. The number of nitrogens with zero attached hydrogens (tertiary/aromatic N) is 1. The average Bonchev–Trinajstić information content (AvgIpc) is 3.57. The van der Waals surface area contributed by atoms with Gasteiger partial charge in [-0.3, -0.25) is 4.79 Å². The molecule has 1 unspecified atom stereocenters. The first-order chi connectivity index (χ1) is 16.8. The van der Waals surface area contributed by atoms with Crippen LogP contribution in [0.15, 0.2) is 48.5 Å². The van der Waals surface area contributed by atoms with Crippen molar-refractivity contribution in [3.8, 4) is 11.1 Å². The van der Waals surface area contributed by atoms with Gasteiger partial charge in [-0.05, 0) is 66.4 Å². The Kier molecular flexibility index (Phi) is 5.80. The molecule has 2 aromatic carbocycles. The molecule has 8 nitrogen and oxygen atoms in total. The number of carboxylic acid groups (broad SMARTS) is 1. The molecule has 0 radical (unpaired) electrons. The molecular formula is C26H25N3O5S. The summed E-state index contributed by atoms with van der Waals surface area (Å²) in [7, 11) is 0. The minimum Gasteiger partial charge on any atom is -0.478 e. The van der Waals surface area contributed by atoms with Crippen molar-refractivity contribution < 1.29 is 24.2 Å². The molecule has 1 heterocycles. The fourth-order valence-electron chi connectivity index (χ4n) is 4.79. The van der Waals surface area contributed by atoms with Gasteiger partial charge in [0.25, 0.3) is 5.91 Å². The molecule has 180 valence electrons. The van der Waals surface area contributed by atoms with Crippen LogP contribution >= 0.6 is 11.5 Å². The van der Waals surface area contributed by atoms with Crippen molar-refractivity contribution in [2.24, 2.45) is 5.92 Å². The number of nitrogens with one attached hydrogen (secondary N) is 2. The summed E-state index contributed by atoms with van der Waals surface area (Å²) in [5, 5.41) is 15.0.